The molecule has 0 fully saturated rings. The molecular formula is C10H8N6O3. The van der Waals surface area contributed by atoms with Gasteiger partial charge in [-0.15, -0.1) is 0 Å². The van der Waals surface area contributed by atoms with E-state index in [0.717, 1.165) is 4.90 Å². The van der Waals surface area contributed by atoms with Crippen molar-refractivity contribution in [2.75, 3.05) is 18.1 Å². The molecule has 0 aromatic heterocycles. The molecule has 96 valence electrons. The maximum Gasteiger partial charge on any atom is 0.375 e. The van der Waals surface area contributed by atoms with Gasteiger partial charge in [-0.05, 0) is 29.8 Å². The fraction of sp³-hybridized carbons (Fsp3) is 0.200. The number of rotatable bonds is 5. The van der Waals surface area contributed by atoms with Gasteiger partial charge in [-0.2, -0.15) is 0 Å². The van der Waals surface area contributed by atoms with Crippen LogP contribution in [0.15, 0.2) is 39.6 Å². The number of azide groups is 1. The number of urea groups is 2. The summed E-state index contributed by atoms with van der Waals surface area (Å²) < 4.78 is 5.28. The normalized spacial score (nSPS) is 13.6. The van der Waals surface area contributed by atoms with Gasteiger partial charge in [-0.3, -0.25) is 0 Å². The lowest BCUT2D eigenvalue weighted by Gasteiger charge is -2.11. The zero-order chi connectivity index (χ0) is 13.7. The monoisotopic (exact) mass is 260 g/mol. The van der Waals surface area contributed by atoms with Crippen LogP contribution in [0.1, 0.15) is 0 Å². The Morgan fingerprint density at radius 1 is 1.21 bits per heavy atom. The van der Waals surface area contributed by atoms with Crippen molar-refractivity contribution in [1.82, 2.24) is 0 Å². The van der Waals surface area contributed by atoms with Gasteiger partial charge in [0.2, 0.25) is 0 Å². The Bertz CT molecular complexity index is 557. The summed E-state index contributed by atoms with van der Waals surface area (Å²) in [6.07, 6.45) is 0. The van der Waals surface area contributed by atoms with E-state index in [9.17, 15) is 9.59 Å². The van der Waals surface area contributed by atoms with Gasteiger partial charge in [0, 0.05) is 4.91 Å². The summed E-state index contributed by atoms with van der Waals surface area (Å²) in [7, 11) is 0. The van der Waals surface area contributed by atoms with Crippen LogP contribution in [-0.2, 0) is 0 Å². The van der Waals surface area contributed by atoms with E-state index in [4.69, 9.17) is 10.3 Å². The summed E-state index contributed by atoms with van der Waals surface area (Å²) in [6.45, 7) is 0.467. The van der Waals surface area contributed by atoms with Gasteiger partial charge in [0.1, 0.15) is 5.75 Å². The largest absolute Gasteiger partial charge is 0.493 e. The summed E-state index contributed by atoms with van der Waals surface area (Å²) in [5, 5.41) is 9.62. The minimum atomic E-state index is -0.720. The minimum absolute atomic E-state index is 0.221. The summed E-state index contributed by atoms with van der Waals surface area (Å²) in [5.41, 5.74) is 8.45. The Balaban J connectivity index is 2.00. The van der Waals surface area contributed by atoms with Crippen LogP contribution in [-0.4, -0.2) is 25.2 Å². The molecule has 0 radical (unpaired) electrons. The lowest BCUT2D eigenvalue weighted by atomic mass is 10.3. The molecule has 9 nitrogen and oxygen atoms in total. The maximum atomic E-state index is 11.3. The molecule has 19 heavy (non-hydrogen) atoms. The van der Waals surface area contributed by atoms with Gasteiger partial charge in [0.05, 0.1) is 18.8 Å². The minimum Gasteiger partial charge on any atom is -0.493 e. The molecule has 0 saturated heterocycles. The fourth-order valence-electron chi connectivity index (χ4n) is 1.42. The van der Waals surface area contributed by atoms with Crippen molar-refractivity contribution in [1.29, 1.82) is 0 Å². The first-order valence-electron chi connectivity index (χ1n) is 5.26. The number of carbonyl (C=O) groups is 2. The summed E-state index contributed by atoms with van der Waals surface area (Å²) >= 11 is 0. The number of azo groups is 1. The molecule has 9 heteroatoms. The fourth-order valence-corrected chi connectivity index (χ4v) is 1.42. The molecule has 0 saturated carbocycles. The first-order valence-corrected chi connectivity index (χ1v) is 5.26. The van der Waals surface area contributed by atoms with Crippen LogP contribution in [0, 0.1) is 0 Å². The van der Waals surface area contributed by atoms with Crippen LogP contribution in [0.3, 0.4) is 0 Å². The second-order valence-corrected chi connectivity index (χ2v) is 3.40. The number of imide groups is 1. The average molecular weight is 260 g/mol. The summed E-state index contributed by atoms with van der Waals surface area (Å²) in [6, 6.07) is 4.81. The third-order valence-corrected chi connectivity index (χ3v) is 2.22. The molecule has 1 aliphatic rings. The smallest absolute Gasteiger partial charge is 0.375 e. The van der Waals surface area contributed by atoms with Crippen LogP contribution < -0.4 is 9.64 Å². The van der Waals surface area contributed by atoms with E-state index >= 15 is 0 Å². The van der Waals surface area contributed by atoms with Crippen LogP contribution in [0.4, 0.5) is 15.3 Å². The lowest BCUT2D eigenvalue weighted by molar-refractivity contribution is 0.249. The van der Waals surface area contributed by atoms with Crippen molar-refractivity contribution in [3.05, 3.63) is 34.7 Å². The standard InChI is InChI=1S/C10H8N6O3/c11-15-12-5-6-19-8-3-1-7(2-4-8)16-9(17)13-14-10(16)18/h1-4H,5-6H2. The molecule has 1 aromatic rings. The zero-order valence-electron chi connectivity index (χ0n) is 9.63. The Kier molecular flexibility index (Phi) is 3.70. The Morgan fingerprint density at radius 3 is 2.42 bits per heavy atom. The van der Waals surface area contributed by atoms with Gasteiger partial charge in [-0.25, -0.2) is 14.5 Å². The van der Waals surface area contributed by atoms with Crippen molar-refractivity contribution in [3.8, 4) is 5.75 Å². The number of anilines is 1. The van der Waals surface area contributed by atoms with E-state index in [2.05, 4.69) is 20.3 Å². The molecular weight excluding hydrogens is 252 g/mol. The second-order valence-electron chi connectivity index (χ2n) is 3.40. The van der Waals surface area contributed by atoms with Crippen LogP contribution >= 0.6 is 0 Å². The predicted octanol–water partition coefficient (Wildman–Crippen LogP) is 2.89. The number of benzene rings is 1. The molecule has 4 amide bonds. The second kappa shape index (κ2) is 5.61. The van der Waals surface area contributed by atoms with E-state index in [0.29, 0.717) is 11.4 Å². The third-order valence-electron chi connectivity index (χ3n) is 2.22. The highest BCUT2D eigenvalue weighted by Crippen LogP contribution is 2.23. The van der Waals surface area contributed by atoms with E-state index in [1.54, 1.807) is 12.1 Å². The van der Waals surface area contributed by atoms with Crippen LogP contribution in [0.2, 0.25) is 0 Å². The lowest BCUT2D eigenvalue weighted by Crippen LogP contribution is -2.27. The maximum absolute atomic E-state index is 11.3. The molecule has 0 aliphatic carbocycles. The number of amides is 4. The summed E-state index contributed by atoms with van der Waals surface area (Å²) in [5.74, 6) is 0.532. The Labute approximate surface area is 107 Å². The molecule has 0 unspecified atom stereocenters. The Morgan fingerprint density at radius 2 is 1.84 bits per heavy atom. The van der Waals surface area contributed by atoms with Crippen molar-refractivity contribution in [3.63, 3.8) is 0 Å². The highest BCUT2D eigenvalue weighted by atomic mass is 16.5. The highest BCUT2D eigenvalue weighted by molar-refractivity contribution is 6.17. The Hall–Kier alpha value is -2.93. The number of hydrogen-bond acceptors (Lipinski definition) is 4. The first kappa shape index (κ1) is 12.5. The first-order chi connectivity index (χ1) is 9.22. The van der Waals surface area contributed by atoms with E-state index in [1.807, 2.05) is 0 Å². The molecule has 0 atom stereocenters. The van der Waals surface area contributed by atoms with Gasteiger partial charge in [-0.1, -0.05) is 15.3 Å². The molecule has 2 rings (SSSR count). The molecule has 0 N–H and O–H groups in total. The van der Waals surface area contributed by atoms with Gasteiger partial charge in [0.25, 0.3) is 0 Å². The van der Waals surface area contributed by atoms with Crippen molar-refractivity contribution in [2.24, 2.45) is 15.3 Å². The molecule has 1 heterocycles. The third kappa shape index (κ3) is 2.85. The summed E-state index contributed by atoms with van der Waals surface area (Å²) in [4.78, 5) is 26.0. The average Bonchev–Trinajstić information content (AvgIpc) is 2.75. The van der Waals surface area contributed by atoms with E-state index in [1.165, 1.54) is 12.1 Å². The van der Waals surface area contributed by atoms with Crippen molar-refractivity contribution >= 4 is 17.7 Å². The number of hydrogen-bond donors (Lipinski definition) is 0. The molecule has 1 aromatic carbocycles. The number of nitrogens with zero attached hydrogens (tertiary/aromatic N) is 6. The van der Waals surface area contributed by atoms with Crippen LogP contribution in [0.5, 0.6) is 5.75 Å². The SMILES string of the molecule is [N-]=[N+]=NCCOc1ccc(N2C(=O)N=NC2=O)cc1. The zero-order valence-corrected chi connectivity index (χ0v) is 9.63. The van der Waals surface area contributed by atoms with Gasteiger partial charge >= 0.3 is 12.1 Å². The van der Waals surface area contributed by atoms with Crippen LogP contribution in [0.25, 0.3) is 10.4 Å². The molecule has 0 spiro atoms. The number of ether oxygens (including phenoxy) is 1. The molecule has 1 aliphatic heterocycles. The van der Waals surface area contributed by atoms with Gasteiger partial charge < -0.3 is 4.74 Å². The molecule has 0 bridgehead atoms. The highest BCUT2D eigenvalue weighted by Gasteiger charge is 2.28. The van der Waals surface area contributed by atoms with E-state index < -0.39 is 12.1 Å². The quantitative estimate of drug-likeness (QED) is 0.350. The van der Waals surface area contributed by atoms with Crippen molar-refractivity contribution < 1.29 is 14.3 Å². The predicted molar refractivity (Wildman–Crippen MR) is 64.1 cm³/mol. The van der Waals surface area contributed by atoms with Gasteiger partial charge in [0.15, 0.2) is 0 Å². The number of carbonyl (C=O) groups excluding carboxylic acids is 2. The van der Waals surface area contributed by atoms with E-state index in [-0.39, 0.29) is 13.2 Å². The van der Waals surface area contributed by atoms with Crippen molar-refractivity contribution in [2.45, 2.75) is 0 Å². The topological polar surface area (TPSA) is 120 Å².